The Morgan fingerprint density at radius 2 is 1.53 bits per heavy atom. The van der Waals surface area contributed by atoms with Crippen LogP contribution in [0.4, 0.5) is 4.39 Å². The Labute approximate surface area is 101 Å². The molecule has 0 spiro atoms. The predicted molar refractivity (Wildman–Crippen MR) is 69.2 cm³/mol. The maximum absolute atomic E-state index is 13.2. The summed E-state index contributed by atoms with van der Waals surface area (Å²) in [7, 11) is 0. The van der Waals surface area contributed by atoms with E-state index in [1.54, 1.807) is 12.1 Å². The van der Waals surface area contributed by atoms with Gasteiger partial charge in [0.15, 0.2) is 0 Å². The third-order valence-electron chi connectivity index (χ3n) is 2.98. The van der Waals surface area contributed by atoms with Crippen LogP contribution in [0.1, 0.15) is 16.7 Å². The van der Waals surface area contributed by atoms with Crippen LogP contribution in [0.15, 0.2) is 36.4 Å². The standard InChI is InChI=1S/C15H16FN/c1-10-7-14(16)8-11(2)15(10)13-5-3-12(9-17)4-6-13/h3-8H,9,17H2,1-2H3. The van der Waals surface area contributed by atoms with Crippen molar-refractivity contribution in [3.8, 4) is 11.1 Å². The smallest absolute Gasteiger partial charge is 0.123 e. The summed E-state index contributed by atoms with van der Waals surface area (Å²) in [6.45, 7) is 4.41. The fourth-order valence-corrected chi connectivity index (χ4v) is 2.17. The van der Waals surface area contributed by atoms with Gasteiger partial charge >= 0.3 is 0 Å². The van der Waals surface area contributed by atoms with E-state index in [0.29, 0.717) is 6.54 Å². The van der Waals surface area contributed by atoms with Crippen molar-refractivity contribution in [3.63, 3.8) is 0 Å². The quantitative estimate of drug-likeness (QED) is 0.837. The first-order chi connectivity index (χ1) is 8.11. The zero-order valence-electron chi connectivity index (χ0n) is 10.1. The van der Waals surface area contributed by atoms with Gasteiger partial charge in [0.05, 0.1) is 0 Å². The third-order valence-corrected chi connectivity index (χ3v) is 2.98. The molecule has 0 fully saturated rings. The minimum absolute atomic E-state index is 0.178. The van der Waals surface area contributed by atoms with Crippen molar-refractivity contribution in [1.82, 2.24) is 0 Å². The fourth-order valence-electron chi connectivity index (χ4n) is 2.17. The van der Waals surface area contributed by atoms with Crippen LogP contribution in [0.5, 0.6) is 0 Å². The van der Waals surface area contributed by atoms with E-state index in [0.717, 1.165) is 27.8 Å². The SMILES string of the molecule is Cc1cc(F)cc(C)c1-c1ccc(CN)cc1. The lowest BCUT2D eigenvalue weighted by Gasteiger charge is -2.11. The summed E-state index contributed by atoms with van der Waals surface area (Å²) < 4.78 is 13.2. The molecule has 0 bridgehead atoms. The second-order valence-electron chi connectivity index (χ2n) is 4.32. The first kappa shape index (κ1) is 11.8. The Bertz CT molecular complexity index is 506. The van der Waals surface area contributed by atoms with Crippen molar-refractivity contribution in [2.24, 2.45) is 5.73 Å². The van der Waals surface area contributed by atoms with E-state index < -0.39 is 0 Å². The molecule has 2 aromatic carbocycles. The summed E-state index contributed by atoms with van der Waals surface area (Å²) in [6.07, 6.45) is 0. The van der Waals surface area contributed by atoms with Crippen LogP contribution >= 0.6 is 0 Å². The molecule has 2 aromatic rings. The van der Waals surface area contributed by atoms with E-state index in [2.05, 4.69) is 0 Å². The highest BCUT2D eigenvalue weighted by Crippen LogP contribution is 2.28. The zero-order chi connectivity index (χ0) is 12.4. The van der Waals surface area contributed by atoms with E-state index in [9.17, 15) is 4.39 Å². The van der Waals surface area contributed by atoms with Crippen molar-refractivity contribution in [2.45, 2.75) is 20.4 Å². The van der Waals surface area contributed by atoms with E-state index in [1.807, 2.05) is 38.1 Å². The summed E-state index contributed by atoms with van der Waals surface area (Å²) in [4.78, 5) is 0. The molecule has 88 valence electrons. The molecule has 0 aliphatic rings. The summed E-state index contributed by atoms with van der Waals surface area (Å²) in [5.74, 6) is -0.178. The zero-order valence-corrected chi connectivity index (χ0v) is 10.1. The Morgan fingerprint density at radius 3 is 2.00 bits per heavy atom. The van der Waals surface area contributed by atoms with Gasteiger partial charge in [-0.05, 0) is 53.8 Å². The Balaban J connectivity index is 2.52. The maximum Gasteiger partial charge on any atom is 0.123 e. The molecule has 1 nitrogen and oxygen atoms in total. The molecule has 17 heavy (non-hydrogen) atoms. The topological polar surface area (TPSA) is 26.0 Å². The largest absolute Gasteiger partial charge is 0.326 e. The fraction of sp³-hybridized carbons (Fsp3) is 0.200. The third kappa shape index (κ3) is 2.37. The van der Waals surface area contributed by atoms with Crippen molar-refractivity contribution in [3.05, 3.63) is 58.9 Å². The van der Waals surface area contributed by atoms with Crippen molar-refractivity contribution in [1.29, 1.82) is 0 Å². The molecule has 0 radical (unpaired) electrons. The summed E-state index contributed by atoms with van der Waals surface area (Å²) in [5.41, 5.74) is 10.8. The average molecular weight is 229 g/mol. The van der Waals surface area contributed by atoms with Gasteiger partial charge in [0.1, 0.15) is 5.82 Å². The van der Waals surface area contributed by atoms with Gasteiger partial charge in [-0.2, -0.15) is 0 Å². The molecular formula is C15H16FN. The van der Waals surface area contributed by atoms with Gasteiger partial charge in [0.25, 0.3) is 0 Å². The monoisotopic (exact) mass is 229 g/mol. The number of rotatable bonds is 2. The highest BCUT2D eigenvalue weighted by atomic mass is 19.1. The lowest BCUT2D eigenvalue weighted by Crippen LogP contribution is -1.96. The van der Waals surface area contributed by atoms with Crippen LogP contribution in [0.2, 0.25) is 0 Å². The van der Waals surface area contributed by atoms with Crippen LogP contribution in [-0.2, 0) is 6.54 Å². The van der Waals surface area contributed by atoms with Gasteiger partial charge in [-0.15, -0.1) is 0 Å². The van der Waals surface area contributed by atoms with Crippen LogP contribution in [0.25, 0.3) is 11.1 Å². The molecule has 2 rings (SSSR count). The van der Waals surface area contributed by atoms with Gasteiger partial charge in [-0.3, -0.25) is 0 Å². The van der Waals surface area contributed by atoms with Gasteiger partial charge in [0, 0.05) is 6.54 Å². The van der Waals surface area contributed by atoms with Gasteiger partial charge in [0.2, 0.25) is 0 Å². The van der Waals surface area contributed by atoms with Crippen molar-refractivity contribution < 1.29 is 4.39 Å². The van der Waals surface area contributed by atoms with E-state index in [-0.39, 0.29) is 5.82 Å². The first-order valence-corrected chi connectivity index (χ1v) is 5.68. The second kappa shape index (κ2) is 4.68. The number of hydrogen-bond acceptors (Lipinski definition) is 1. The van der Waals surface area contributed by atoms with Crippen LogP contribution in [0, 0.1) is 19.7 Å². The second-order valence-corrected chi connectivity index (χ2v) is 4.32. The predicted octanol–water partition coefficient (Wildman–Crippen LogP) is 3.57. The molecule has 0 heterocycles. The molecule has 0 aliphatic heterocycles. The normalized spacial score (nSPS) is 10.6. The van der Waals surface area contributed by atoms with Gasteiger partial charge in [-0.25, -0.2) is 4.39 Å². The summed E-state index contributed by atoms with van der Waals surface area (Å²) in [5, 5.41) is 0. The van der Waals surface area contributed by atoms with Crippen LogP contribution < -0.4 is 5.73 Å². The molecule has 0 unspecified atom stereocenters. The summed E-state index contributed by atoms with van der Waals surface area (Å²) in [6, 6.07) is 11.2. The van der Waals surface area contributed by atoms with Crippen LogP contribution in [-0.4, -0.2) is 0 Å². The van der Waals surface area contributed by atoms with Crippen LogP contribution in [0.3, 0.4) is 0 Å². The molecule has 2 heteroatoms. The highest BCUT2D eigenvalue weighted by molar-refractivity contribution is 5.70. The Morgan fingerprint density at radius 1 is 1.00 bits per heavy atom. The Hall–Kier alpha value is -1.67. The molecule has 0 atom stereocenters. The van der Waals surface area contributed by atoms with Gasteiger partial charge < -0.3 is 5.73 Å². The molecule has 0 aromatic heterocycles. The summed E-state index contributed by atoms with van der Waals surface area (Å²) >= 11 is 0. The molecule has 2 N–H and O–H groups in total. The molecular weight excluding hydrogens is 213 g/mol. The molecule has 0 aliphatic carbocycles. The minimum Gasteiger partial charge on any atom is -0.326 e. The number of nitrogens with two attached hydrogens (primary N) is 1. The maximum atomic E-state index is 13.2. The lowest BCUT2D eigenvalue weighted by atomic mass is 9.95. The van der Waals surface area contributed by atoms with Crippen molar-refractivity contribution in [2.75, 3.05) is 0 Å². The number of benzene rings is 2. The number of halogens is 1. The van der Waals surface area contributed by atoms with E-state index in [1.165, 1.54) is 0 Å². The van der Waals surface area contributed by atoms with E-state index in [4.69, 9.17) is 5.73 Å². The first-order valence-electron chi connectivity index (χ1n) is 5.68. The number of hydrogen-bond donors (Lipinski definition) is 1. The lowest BCUT2D eigenvalue weighted by molar-refractivity contribution is 0.625. The average Bonchev–Trinajstić information content (AvgIpc) is 2.28. The Kier molecular flexibility index (Phi) is 3.25. The van der Waals surface area contributed by atoms with E-state index >= 15 is 0 Å². The molecule has 0 saturated heterocycles. The van der Waals surface area contributed by atoms with Gasteiger partial charge in [-0.1, -0.05) is 24.3 Å². The van der Waals surface area contributed by atoms with Crippen molar-refractivity contribution >= 4 is 0 Å². The number of aryl methyl sites for hydroxylation is 2. The highest BCUT2D eigenvalue weighted by Gasteiger charge is 2.07. The molecule has 0 saturated carbocycles. The minimum atomic E-state index is -0.178. The molecule has 0 amide bonds.